The molecule has 8 N–H and O–H groups in total. The average molecular weight is 358 g/mol. The van der Waals surface area contributed by atoms with E-state index in [1.165, 1.54) is 0 Å². The smallest absolute Gasteiger partial charge is 0.334 e. The summed E-state index contributed by atoms with van der Waals surface area (Å²) in [6.07, 6.45) is -1.08. The second kappa shape index (κ2) is 11.3. The summed E-state index contributed by atoms with van der Waals surface area (Å²) in [5, 5.41) is 37.3. The largest absolute Gasteiger partial charge is 0.395 e. The molecule has 1 unspecified atom stereocenters. The van der Waals surface area contributed by atoms with Crippen molar-refractivity contribution in [1.82, 2.24) is 0 Å². The predicted octanol–water partition coefficient (Wildman–Crippen LogP) is -0.891. The van der Waals surface area contributed by atoms with Gasteiger partial charge in [0.15, 0.2) is 0 Å². The summed E-state index contributed by atoms with van der Waals surface area (Å²) < 4.78 is 3.60. The minimum Gasteiger partial charge on any atom is -0.395 e. The Balaban J connectivity index is 0.000000534. The third kappa shape index (κ3) is 7.32. The fourth-order valence-corrected chi connectivity index (χ4v) is 1.99. The van der Waals surface area contributed by atoms with Crippen LogP contribution < -0.4 is 0 Å². The van der Waals surface area contributed by atoms with Gasteiger partial charge in [0.05, 0.1) is 31.3 Å². The molecular weight excluding hydrogens is 338 g/mol. The highest BCUT2D eigenvalue weighted by atomic mass is 31.2. The number of aliphatic hydroxyl groups excluding tert-OH is 4. The fourth-order valence-electron chi connectivity index (χ4n) is 1.46. The number of hydrogen-bond donors (Lipinski definition) is 8. The standard InChI is InChI=1S/C11H16O4.H4O5P2/c12-6-11(7-13,8-14)10(15)9-4-2-1-3-5-9;1-6(2)5-7(3)4/h1-5,10,12-15H,6-8H2;1-4H. The Morgan fingerprint density at radius 1 is 0.864 bits per heavy atom. The van der Waals surface area contributed by atoms with E-state index in [0.29, 0.717) is 5.56 Å². The van der Waals surface area contributed by atoms with Crippen LogP contribution in [0.25, 0.3) is 0 Å². The van der Waals surface area contributed by atoms with Gasteiger partial charge >= 0.3 is 17.2 Å². The van der Waals surface area contributed by atoms with Crippen LogP contribution in [0.1, 0.15) is 11.7 Å². The van der Waals surface area contributed by atoms with Crippen LogP contribution in [0.15, 0.2) is 30.3 Å². The molecule has 0 aliphatic heterocycles. The van der Waals surface area contributed by atoms with Crippen LogP contribution in [0.5, 0.6) is 0 Å². The molecule has 0 aliphatic rings. The highest BCUT2D eigenvalue weighted by molar-refractivity contribution is 7.53. The zero-order valence-electron chi connectivity index (χ0n) is 11.5. The van der Waals surface area contributed by atoms with E-state index in [2.05, 4.69) is 4.31 Å². The number of hydrogen-bond acceptors (Lipinski definition) is 9. The maximum absolute atomic E-state index is 9.95. The third-order valence-corrected chi connectivity index (χ3v) is 3.95. The highest BCUT2D eigenvalue weighted by Crippen LogP contribution is 2.41. The van der Waals surface area contributed by atoms with Crippen molar-refractivity contribution in [2.45, 2.75) is 6.10 Å². The lowest BCUT2D eigenvalue weighted by Crippen LogP contribution is -2.40. The maximum atomic E-state index is 9.95. The molecule has 0 radical (unpaired) electrons. The molecule has 9 nitrogen and oxygen atoms in total. The number of rotatable bonds is 7. The molecule has 22 heavy (non-hydrogen) atoms. The first-order chi connectivity index (χ1) is 10.3. The Morgan fingerprint density at radius 2 is 1.27 bits per heavy atom. The van der Waals surface area contributed by atoms with E-state index in [9.17, 15) is 5.11 Å². The molecule has 0 saturated carbocycles. The Bertz CT molecular complexity index is 372. The van der Waals surface area contributed by atoms with Crippen molar-refractivity contribution in [2.75, 3.05) is 19.8 Å². The zero-order chi connectivity index (χ0) is 17.2. The minimum absolute atomic E-state index is 0.476. The van der Waals surface area contributed by atoms with Gasteiger partial charge in [0.2, 0.25) is 0 Å². The molecular formula is C11H20O9P2. The minimum atomic E-state index is -2.61. The monoisotopic (exact) mass is 358 g/mol. The molecule has 0 bridgehead atoms. The number of aliphatic hydroxyl groups is 4. The predicted molar refractivity (Wildman–Crippen MR) is 78.9 cm³/mol. The summed E-state index contributed by atoms with van der Waals surface area (Å²) in [4.78, 5) is 31.3. The molecule has 1 aromatic carbocycles. The second-order valence-electron chi connectivity index (χ2n) is 4.24. The summed E-state index contributed by atoms with van der Waals surface area (Å²) >= 11 is 0. The molecule has 11 heteroatoms. The molecule has 0 heterocycles. The highest BCUT2D eigenvalue weighted by Gasteiger charge is 2.37. The first kappa shape index (κ1) is 21.7. The fraction of sp³-hybridized carbons (Fsp3) is 0.455. The van der Waals surface area contributed by atoms with Crippen molar-refractivity contribution in [3.8, 4) is 0 Å². The van der Waals surface area contributed by atoms with Gasteiger partial charge in [0.25, 0.3) is 0 Å². The van der Waals surface area contributed by atoms with Crippen LogP contribution in [0.2, 0.25) is 0 Å². The van der Waals surface area contributed by atoms with Gasteiger partial charge in [0.1, 0.15) is 0 Å². The second-order valence-corrected chi connectivity index (χ2v) is 5.90. The van der Waals surface area contributed by atoms with Gasteiger partial charge in [-0.05, 0) is 5.56 Å². The summed E-state index contributed by atoms with van der Waals surface area (Å²) in [5.41, 5.74) is -0.726. The first-order valence-electron chi connectivity index (χ1n) is 5.92. The SMILES string of the molecule is OCC(CO)(CO)C(O)c1ccccc1.OP(O)OP(O)O. The van der Waals surface area contributed by atoms with Gasteiger partial charge in [-0.3, -0.25) is 0 Å². The lowest BCUT2D eigenvalue weighted by Gasteiger charge is -2.32. The Labute approximate surface area is 129 Å². The van der Waals surface area contributed by atoms with Crippen molar-refractivity contribution < 1.29 is 44.3 Å². The van der Waals surface area contributed by atoms with E-state index < -0.39 is 48.5 Å². The van der Waals surface area contributed by atoms with Gasteiger partial charge in [-0.2, -0.15) is 0 Å². The van der Waals surface area contributed by atoms with E-state index in [0.717, 1.165) is 0 Å². The Kier molecular flexibility index (Phi) is 11.1. The van der Waals surface area contributed by atoms with Crippen LogP contribution >= 0.6 is 17.2 Å². The molecule has 0 saturated heterocycles. The van der Waals surface area contributed by atoms with Crippen LogP contribution in [-0.4, -0.2) is 59.8 Å². The molecule has 1 aromatic rings. The number of benzene rings is 1. The normalized spacial score (nSPS) is 13.0. The van der Waals surface area contributed by atoms with Gasteiger partial charge in [0, 0.05) is 0 Å². The molecule has 0 amide bonds. The lowest BCUT2D eigenvalue weighted by molar-refractivity contribution is -0.0852. The summed E-state index contributed by atoms with van der Waals surface area (Å²) in [7, 11) is -5.22. The van der Waals surface area contributed by atoms with Crippen molar-refractivity contribution in [3.05, 3.63) is 35.9 Å². The molecule has 0 aromatic heterocycles. The molecule has 0 fully saturated rings. The van der Waals surface area contributed by atoms with Gasteiger partial charge in [-0.15, -0.1) is 0 Å². The molecule has 0 aliphatic carbocycles. The topological polar surface area (TPSA) is 171 Å². The van der Waals surface area contributed by atoms with Crippen molar-refractivity contribution in [2.24, 2.45) is 5.41 Å². The lowest BCUT2D eigenvalue weighted by atomic mass is 9.81. The first-order valence-corrected chi connectivity index (χ1v) is 8.25. The van der Waals surface area contributed by atoms with Crippen LogP contribution in [-0.2, 0) is 4.31 Å². The van der Waals surface area contributed by atoms with Crippen LogP contribution in [0, 0.1) is 5.41 Å². The van der Waals surface area contributed by atoms with Crippen LogP contribution in [0.4, 0.5) is 0 Å². The summed E-state index contributed by atoms with van der Waals surface area (Å²) in [6, 6.07) is 8.65. The van der Waals surface area contributed by atoms with Gasteiger partial charge in [-0.1, -0.05) is 30.3 Å². The van der Waals surface area contributed by atoms with Crippen LogP contribution in [0.3, 0.4) is 0 Å². The summed E-state index contributed by atoms with van der Waals surface area (Å²) in [5.74, 6) is 0. The van der Waals surface area contributed by atoms with Crippen molar-refractivity contribution in [3.63, 3.8) is 0 Å². The molecule has 0 spiro atoms. The molecule has 1 atom stereocenters. The maximum Gasteiger partial charge on any atom is 0.334 e. The Morgan fingerprint density at radius 3 is 1.55 bits per heavy atom. The quantitative estimate of drug-likeness (QED) is 0.288. The van der Waals surface area contributed by atoms with E-state index in [-0.39, 0.29) is 0 Å². The Hall–Kier alpha value is -0.280. The van der Waals surface area contributed by atoms with E-state index >= 15 is 0 Å². The van der Waals surface area contributed by atoms with E-state index in [4.69, 9.17) is 34.9 Å². The van der Waals surface area contributed by atoms with Crippen molar-refractivity contribution >= 4 is 17.2 Å². The van der Waals surface area contributed by atoms with Crippen molar-refractivity contribution in [1.29, 1.82) is 0 Å². The third-order valence-electron chi connectivity index (χ3n) is 2.79. The van der Waals surface area contributed by atoms with E-state index in [1.807, 2.05) is 0 Å². The van der Waals surface area contributed by atoms with Gasteiger partial charge < -0.3 is 40.0 Å². The zero-order valence-corrected chi connectivity index (χ0v) is 13.3. The van der Waals surface area contributed by atoms with Gasteiger partial charge in [-0.25, -0.2) is 4.31 Å². The summed E-state index contributed by atoms with van der Waals surface area (Å²) in [6.45, 7) is -1.43. The molecule has 1 rings (SSSR count). The average Bonchev–Trinajstić information content (AvgIpc) is 2.49. The van der Waals surface area contributed by atoms with E-state index in [1.54, 1.807) is 30.3 Å². The molecule has 128 valence electrons.